The molecular formula is C15H23NO7. The second-order valence-corrected chi connectivity index (χ2v) is 5.80. The first kappa shape index (κ1) is 18.8. The van der Waals surface area contributed by atoms with Crippen LogP contribution in [0.2, 0.25) is 0 Å². The van der Waals surface area contributed by atoms with E-state index in [4.69, 9.17) is 18.9 Å². The SMILES string of the molecule is CCOC1=C(C(=O)OC)[C@H](C(=O)OC)N(C(=O)OC(C)(C)C)C1. The lowest BCUT2D eigenvalue weighted by Crippen LogP contribution is -2.46. The summed E-state index contributed by atoms with van der Waals surface area (Å²) in [6.45, 7) is 7.02. The molecule has 0 bridgehead atoms. The number of rotatable bonds is 4. The number of esters is 2. The standard InChI is InChI=1S/C15H23NO7/c1-7-22-9-8-16(14(19)23-15(2,3)4)11(13(18)21-6)10(9)12(17)20-5/h11H,7-8H2,1-6H3/t11-/m1/s1. The summed E-state index contributed by atoms with van der Waals surface area (Å²) in [6, 6.07) is -1.26. The van der Waals surface area contributed by atoms with Gasteiger partial charge in [-0.15, -0.1) is 0 Å². The van der Waals surface area contributed by atoms with Crippen molar-refractivity contribution >= 4 is 18.0 Å². The minimum atomic E-state index is -1.26. The first-order chi connectivity index (χ1) is 10.7. The summed E-state index contributed by atoms with van der Waals surface area (Å²) in [7, 11) is 2.35. The average Bonchev–Trinajstić information content (AvgIpc) is 2.83. The molecule has 1 atom stereocenters. The largest absolute Gasteiger partial charge is 0.496 e. The summed E-state index contributed by atoms with van der Waals surface area (Å²) in [5, 5.41) is 0. The van der Waals surface area contributed by atoms with Gasteiger partial charge in [0.1, 0.15) is 16.9 Å². The maximum atomic E-state index is 12.4. The second-order valence-electron chi connectivity index (χ2n) is 5.80. The van der Waals surface area contributed by atoms with Gasteiger partial charge in [0.2, 0.25) is 0 Å². The summed E-state index contributed by atoms with van der Waals surface area (Å²) in [6.07, 6.45) is -0.746. The average molecular weight is 329 g/mol. The van der Waals surface area contributed by atoms with Crippen LogP contribution in [0.15, 0.2) is 11.3 Å². The molecule has 0 saturated carbocycles. The normalized spacial score (nSPS) is 17.8. The monoisotopic (exact) mass is 329 g/mol. The molecule has 23 heavy (non-hydrogen) atoms. The third-order valence-corrected chi connectivity index (χ3v) is 2.98. The minimum Gasteiger partial charge on any atom is -0.496 e. The lowest BCUT2D eigenvalue weighted by Gasteiger charge is -2.27. The molecule has 0 aromatic rings. The van der Waals surface area contributed by atoms with Crippen LogP contribution in [0.4, 0.5) is 4.79 Å². The topological polar surface area (TPSA) is 91.4 Å². The fourth-order valence-electron chi connectivity index (χ4n) is 2.12. The number of amides is 1. The Hall–Kier alpha value is -2.25. The number of carbonyl (C=O) groups excluding carboxylic acids is 3. The Morgan fingerprint density at radius 3 is 2.22 bits per heavy atom. The fourth-order valence-corrected chi connectivity index (χ4v) is 2.12. The molecule has 8 nitrogen and oxygen atoms in total. The summed E-state index contributed by atoms with van der Waals surface area (Å²) in [5.41, 5.74) is -0.801. The molecule has 0 spiro atoms. The van der Waals surface area contributed by atoms with Gasteiger partial charge in [0, 0.05) is 0 Å². The van der Waals surface area contributed by atoms with E-state index in [2.05, 4.69) is 0 Å². The van der Waals surface area contributed by atoms with Crippen LogP contribution in [0.25, 0.3) is 0 Å². The van der Waals surface area contributed by atoms with Crippen LogP contribution < -0.4 is 0 Å². The van der Waals surface area contributed by atoms with E-state index in [1.807, 2.05) is 0 Å². The van der Waals surface area contributed by atoms with Crippen LogP contribution in [-0.2, 0) is 28.5 Å². The Morgan fingerprint density at radius 2 is 1.78 bits per heavy atom. The van der Waals surface area contributed by atoms with Crippen LogP contribution in [0.5, 0.6) is 0 Å². The quantitative estimate of drug-likeness (QED) is 0.566. The third-order valence-electron chi connectivity index (χ3n) is 2.98. The van der Waals surface area contributed by atoms with Gasteiger partial charge < -0.3 is 18.9 Å². The number of hydrogen-bond donors (Lipinski definition) is 0. The molecule has 1 rings (SSSR count). The van der Waals surface area contributed by atoms with E-state index in [9.17, 15) is 14.4 Å². The van der Waals surface area contributed by atoms with E-state index in [-0.39, 0.29) is 24.5 Å². The molecule has 130 valence electrons. The fraction of sp³-hybridized carbons (Fsp3) is 0.667. The summed E-state index contributed by atoms with van der Waals surface area (Å²) in [5.74, 6) is -1.33. The Morgan fingerprint density at radius 1 is 1.17 bits per heavy atom. The van der Waals surface area contributed by atoms with Gasteiger partial charge in [0.25, 0.3) is 0 Å². The Kier molecular flexibility index (Phi) is 6.00. The lowest BCUT2D eigenvalue weighted by atomic mass is 10.1. The Labute approximate surface area is 135 Å². The van der Waals surface area contributed by atoms with E-state index in [1.54, 1.807) is 27.7 Å². The highest BCUT2D eigenvalue weighted by Gasteiger charge is 2.47. The van der Waals surface area contributed by atoms with Crippen LogP contribution in [-0.4, -0.2) is 61.9 Å². The number of ether oxygens (including phenoxy) is 4. The van der Waals surface area contributed by atoms with Gasteiger partial charge in [-0.2, -0.15) is 0 Å². The van der Waals surface area contributed by atoms with Crippen molar-refractivity contribution in [1.29, 1.82) is 0 Å². The Balaban J connectivity index is 3.22. The molecule has 0 radical (unpaired) electrons. The molecule has 0 saturated heterocycles. The van der Waals surface area contributed by atoms with Crippen molar-refractivity contribution in [1.82, 2.24) is 4.90 Å². The first-order valence-corrected chi connectivity index (χ1v) is 7.17. The van der Waals surface area contributed by atoms with Crippen molar-refractivity contribution in [3.63, 3.8) is 0 Å². The van der Waals surface area contributed by atoms with E-state index < -0.39 is 29.7 Å². The molecule has 1 amide bonds. The van der Waals surface area contributed by atoms with Gasteiger partial charge in [-0.25, -0.2) is 14.4 Å². The van der Waals surface area contributed by atoms with Gasteiger partial charge >= 0.3 is 18.0 Å². The molecule has 1 aliphatic rings. The molecule has 0 N–H and O–H groups in total. The summed E-state index contributed by atoms with van der Waals surface area (Å²) < 4.78 is 20.1. The maximum Gasteiger partial charge on any atom is 0.411 e. The number of methoxy groups -OCH3 is 2. The van der Waals surface area contributed by atoms with Crippen molar-refractivity contribution in [3.05, 3.63) is 11.3 Å². The molecule has 8 heteroatoms. The highest BCUT2D eigenvalue weighted by atomic mass is 16.6. The zero-order valence-electron chi connectivity index (χ0n) is 14.3. The maximum absolute atomic E-state index is 12.4. The number of carbonyl (C=O) groups is 3. The zero-order valence-corrected chi connectivity index (χ0v) is 14.3. The molecule has 0 fully saturated rings. The van der Waals surface area contributed by atoms with Crippen LogP contribution >= 0.6 is 0 Å². The van der Waals surface area contributed by atoms with E-state index in [0.717, 1.165) is 4.90 Å². The van der Waals surface area contributed by atoms with E-state index >= 15 is 0 Å². The molecule has 0 aliphatic carbocycles. The van der Waals surface area contributed by atoms with Crippen molar-refractivity contribution in [2.24, 2.45) is 0 Å². The lowest BCUT2D eigenvalue weighted by molar-refractivity contribution is -0.147. The minimum absolute atomic E-state index is 0.0490. The van der Waals surface area contributed by atoms with Gasteiger partial charge in [0.15, 0.2) is 6.04 Å². The van der Waals surface area contributed by atoms with Crippen molar-refractivity contribution in [2.75, 3.05) is 27.4 Å². The molecule has 1 heterocycles. The van der Waals surface area contributed by atoms with Gasteiger partial charge in [-0.3, -0.25) is 4.90 Å². The van der Waals surface area contributed by atoms with Crippen molar-refractivity contribution in [2.45, 2.75) is 39.3 Å². The van der Waals surface area contributed by atoms with Gasteiger partial charge in [0.05, 0.1) is 27.4 Å². The van der Waals surface area contributed by atoms with Gasteiger partial charge in [-0.05, 0) is 27.7 Å². The molecular weight excluding hydrogens is 306 g/mol. The number of hydrogen-bond acceptors (Lipinski definition) is 7. The molecule has 0 unspecified atom stereocenters. The summed E-state index contributed by atoms with van der Waals surface area (Å²) >= 11 is 0. The Bertz CT molecular complexity index is 518. The predicted molar refractivity (Wildman–Crippen MR) is 79.4 cm³/mol. The molecule has 0 aromatic heterocycles. The van der Waals surface area contributed by atoms with Crippen LogP contribution in [0, 0.1) is 0 Å². The van der Waals surface area contributed by atoms with Crippen LogP contribution in [0.3, 0.4) is 0 Å². The highest BCUT2D eigenvalue weighted by Crippen LogP contribution is 2.29. The van der Waals surface area contributed by atoms with Crippen LogP contribution in [0.1, 0.15) is 27.7 Å². The van der Waals surface area contributed by atoms with Gasteiger partial charge in [-0.1, -0.05) is 0 Å². The van der Waals surface area contributed by atoms with E-state index in [0.29, 0.717) is 0 Å². The first-order valence-electron chi connectivity index (χ1n) is 7.17. The van der Waals surface area contributed by atoms with E-state index in [1.165, 1.54) is 14.2 Å². The third kappa shape index (κ3) is 4.37. The second kappa shape index (κ2) is 7.34. The predicted octanol–water partition coefficient (Wildman–Crippen LogP) is 1.24. The molecule has 0 aromatic carbocycles. The summed E-state index contributed by atoms with van der Waals surface area (Å²) in [4.78, 5) is 37.6. The zero-order chi connectivity index (χ0) is 17.8. The number of nitrogens with zero attached hydrogens (tertiary/aromatic N) is 1. The smallest absolute Gasteiger partial charge is 0.411 e. The highest BCUT2D eigenvalue weighted by molar-refractivity contribution is 6.01. The van der Waals surface area contributed by atoms with Crippen molar-refractivity contribution in [3.8, 4) is 0 Å². The molecule has 1 aliphatic heterocycles. The van der Waals surface area contributed by atoms with Crippen molar-refractivity contribution < 1.29 is 33.3 Å².